The molecule has 0 saturated carbocycles. The zero-order valence-electron chi connectivity index (χ0n) is 11.8. The van der Waals surface area contributed by atoms with Crippen LogP contribution in [0.15, 0.2) is 46.2 Å². The fourth-order valence-electron chi connectivity index (χ4n) is 2.07. The quantitative estimate of drug-likeness (QED) is 0.909. The minimum absolute atomic E-state index is 0.545. The van der Waals surface area contributed by atoms with Gasteiger partial charge in [0.2, 0.25) is 0 Å². The van der Waals surface area contributed by atoms with Gasteiger partial charge >= 0.3 is 0 Å². The lowest BCUT2D eigenvalue weighted by Gasteiger charge is -2.13. The highest BCUT2D eigenvalue weighted by molar-refractivity contribution is 7.99. The van der Waals surface area contributed by atoms with Gasteiger partial charge in [-0.3, -0.25) is 0 Å². The van der Waals surface area contributed by atoms with Gasteiger partial charge in [-0.15, -0.1) is 0 Å². The van der Waals surface area contributed by atoms with E-state index in [0.717, 1.165) is 15.4 Å². The summed E-state index contributed by atoms with van der Waals surface area (Å²) in [7, 11) is 0. The normalized spacial score (nSPS) is 11.9. The van der Waals surface area contributed by atoms with Crippen LogP contribution in [0.4, 0.5) is 0 Å². The Morgan fingerprint density at radius 2 is 1.85 bits per heavy atom. The van der Waals surface area contributed by atoms with Gasteiger partial charge in [0.1, 0.15) is 0 Å². The van der Waals surface area contributed by atoms with Gasteiger partial charge in [-0.2, -0.15) is 5.26 Å². The summed E-state index contributed by atoms with van der Waals surface area (Å²) in [6, 6.07) is 13.9. The Morgan fingerprint density at radius 3 is 2.45 bits per heavy atom. The maximum Gasteiger partial charge on any atom is 0.0992 e. The number of rotatable bonds is 3. The summed E-state index contributed by atoms with van der Waals surface area (Å²) >= 11 is 1.60. The van der Waals surface area contributed by atoms with Crippen LogP contribution in [0.3, 0.4) is 0 Å². The second kappa shape index (κ2) is 6.13. The van der Waals surface area contributed by atoms with Gasteiger partial charge in [-0.25, -0.2) is 0 Å². The molecular weight excluding hydrogens is 266 g/mol. The Bertz CT molecular complexity index is 671. The third kappa shape index (κ3) is 3.22. The molecule has 0 heterocycles. The maximum atomic E-state index is 9.86. The van der Waals surface area contributed by atoms with Crippen LogP contribution in [-0.2, 0) is 0 Å². The second-order valence-corrected chi connectivity index (χ2v) is 6.00. The average Bonchev–Trinajstić information content (AvgIpc) is 2.41. The molecule has 0 amide bonds. The summed E-state index contributed by atoms with van der Waals surface area (Å²) in [4.78, 5) is 2.08. The zero-order chi connectivity index (χ0) is 14.7. The number of benzene rings is 2. The Kier molecular flexibility index (Phi) is 4.49. The molecule has 0 spiro atoms. The second-order valence-electron chi connectivity index (χ2n) is 4.91. The van der Waals surface area contributed by atoms with E-state index in [4.69, 9.17) is 5.26 Å². The maximum absolute atomic E-state index is 9.86. The molecule has 0 aromatic heterocycles. The van der Waals surface area contributed by atoms with E-state index in [1.165, 1.54) is 11.1 Å². The van der Waals surface area contributed by atoms with Crippen LogP contribution < -0.4 is 0 Å². The number of nitriles is 1. The van der Waals surface area contributed by atoms with Crippen molar-refractivity contribution in [1.82, 2.24) is 0 Å². The van der Waals surface area contributed by atoms with Crippen molar-refractivity contribution in [3.63, 3.8) is 0 Å². The molecule has 1 atom stereocenters. The smallest absolute Gasteiger partial charge is 0.0992 e. The van der Waals surface area contributed by atoms with Crippen molar-refractivity contribution in [2.24, 2.45) is 0 Å². The molecule has 102 valence electrons. The molecule has 0 fully saturated rings. The molecule has 0 aliphatic carbocycles. The van der Waals surface area contributed by atoms with Crippen molar-refractivity contribution in [1.29, 1.82) is 5.26 Å². The molecule has 0 saturated heterocycles. The minimum atomic E-state index is -0.545. The van der Waals surface area contributed by atoms with Crippen LogP contribution >= 0.6 is 11.8 Å². The third-order valence-corrected chi connectivity index (χ3v) is 4.39. The van der Waals surface area contributed by atoms with Crippen LogP contribution in [0.25, 0.3) is 0 Å². The van der Waals surface area contributed by atoms with E-state index < -0.39 is 6.10 Å². The Hall–Kier alpha value is -1.76. The lowest BCUT2D eigenvalue weighted by atomic mass is 10.1. The van der Waals surface area contributed by atoms with Crippen molar-refractivity contribution in [3.05, 3.63) is 58.7 Å². The van der Waals surface area contributed by atoms with Crippen LogP contribution in [0.1, 0.15) is 35.3 Å². The molecule has 1 N–H and O–H groups in total. The van der Waals surface area contributed by atoms with E-state index >= 15 is 0 Å². The third-order valence-electron chi connectivity index (χ3n) is 3.14. The van der Waals surface area contributed by atoms with Gasteiger partial charge in [0.05, 0.1) is 17.7 Å². The van der Waals surface area contributed by atoms with E-state index in [2.05, 4.69) is 38.1 Å². The molecule has 2 aromatic rings. The van der Waals surface area contributed by atoms with E-state index in [1.807, 2.05) is 12.1 Å². The summed E-state index contributed by atoms with van der Waals surface area (Å²) in [6.07, 6.45) is -0.545. The van der Waals surface area contributed by atoms with Crippen molar-refractivity contribution >= 4 is 11.8 Å². The molecule has 0 bridgehead atoms. The van der Waals surface area contributed by atoms with E-state index in [1.54, 1.807) is 24.8 Å². The fraction of sp³-hybridized carbons (Fsp3) is 0.235. The van der Waals surface area contributed by atoms with Gasteiger partial charge in [0.25, 0.3) is 0 Å². The lowest BCUT2D eigenvalue weighted by Crippen LogP contribution is -1.95. The topological polar surface area (TPSA) is 44.0 Å². The van der Waals surface area contributed by atoms with Crippen molar-refractivity contribution in [3.8, 4) is 6.07 Å². The van der Waals surface area contributed by atoms with Gasteiger partial charge in [0.15, 0.2) is 0 Å². The van der Waals surface area contributed by atoms with Crippen LogP contribution in [0.2, 0.25) is 0 Å². The molecule has 3 heteroatoms. The summed E-state index contributed by atoms with van der Waals surface area (Å²) in [5.41, 5.74) is 3.90. The lowest BCUT2D eigenvalue weighted by molar-refractivity contribution is 0.196. The summed E-state index contributed by atoms with van der Waals surface area (Å²) < 4.78 is 0. The predicted octanol–water partition coefficient (Wildman–Crippen LogP) is 4.38. The molecule has 2 rings (SSSR count). The Labute approximate surface area is 124 Å². The van der Waals surface area contributed by atoms with Crippen molar-refractivity contribution in [2.45, 2.75) is 36.7 Å². The van der Waals surface area contributed by atoms with Crippen LogP contribution in [0.5, 0.6) is 0 Å². The molecule has 0 radical (unpaired) electrons. The fourth-order valence-corrected chi connectivity index (χ4v) is 3.21. The van der Waals surface area contributed by atoms with E-state index in [0.29, 0.717) is 5.56 Å². The Balaban J connectivity index is 2.43. The number of hydrogen-bond donors (Lipinski definition) is 1. The SMILES string of the molecule is Cc1ccc(Sc2cc(C#N)ccc2C(C)O)c(C)c1. The molecule has 0 aliphatic heterocycles. The Morgan fingerprint density at radius 1 is 1.10 bits per heavy atom. The van der Waals surface area contributed by atoms with Crippen molar-refractivity contribution in [2.75, 3.05) is 0 Å². The molecule has 2 aromatic carbocycles. The highest BCUT2D eigenvalue weighted by atomic mass is 32.2. The number of nitrogens with zero attached hydrogens (tertiary/aromatic N) is 1. The number of hydrogen-bond acceptors (Lipinski definition) is 3. The van der Waals surface area contributed by atoms with Gasteiger partial charge in [-0.05, 0) is 50.1 Å². The monoisotopic (exact) mass is 283 g/mol. The first-order valence-corrected chi connectivity index (χ1v) is 7.30. The molecule has 2 nitrogen and oxygen atoms in total. The van der Waals surface area contributed by atoms with Crippen LogP contribution in [-0.4, -0.2) is 5.11 Å². The molecule has 20 heavy (non-hydrogen) atoms. The molecular formula is C17H17NOS. The van der Waals surface area contributed by atoms with Gasteiger partial charge in [0, 0.05) is 9.79 Å². The summed E-state index contributed by atoms with van der Waals surface area (Å²) in [6.45, 7) is 5.89. The molecule has 0 aliphatic rings. The van der Waals surface area contributed by atoms with Gasteiger partial charge < -0.3 is 5.11 Å². The zero-order valence-corrected chi connectivity index (χ0v) is 12.7. The number of aryl methyl sites for hydroxylation is 2. The van der Waals surface area contributed by atoms with E-state index in [-0.39, 0.29) is 0 Å². The summed E-state index contributed by atoms with van der Waals surface area (Å²) in [5, 5.41) is 18.9. The highest BCUT2D eigenvalue weighted by Crippen LogP contribution is 2.35. The van der Waals surface area contributed by atoms with Crippen molar-refractivity contribution < 1.29 is 5.11 Å². The number of aliphatic hydroxyl groups excluding tert-OH is 1. The first-order chi connectivity index (χ1) is 9.51. The standard InChI is InChI=1S/C17H17NOS/c1-11-4-7-16(12(2)8-11)20-17-9-14(10-18)5-6-15(17)13(3)19/h4-9,13,19H,1-3H3. The average molecular weight is 283 g/mol. The van der Waals surface area contributed by atoms with Crippen LogP contribution in [0, 0.1) is 25.2 Å². The first-order valence-electron chi connectivity index (χ1n) is 6.48. The highest BCUT2D eigenvalue weighted by Gasteiger charge is 2.11. The largest absolute Gasteiger partial charge is 0.389 e. The minimum Gasteiger partial charge on any atom is -0.389 e. The molecule has 1 unspecified atom stereocenters. The van der Waals surface area contributed by atoms with Gasteiger partial charge in [-0.1, -0.05) is 35.5 Å². The first kappa shape index (κ1) is 14.6. The number of aliphatic hydroxyl groups is 1. The predicted molar refractivity (Wildman–Crippen MR) is 81.8 cm³/mol. The van der Waals surface area contributed by atoms with E-state index in [9.17, 15) is 5.11 Å². The summed E-state index contributed by atoms with van der Waals surface area (Å²) in [5.74, 6) is 0.